The van der Waals surface area contributed by atoms with Crippen molar-refractivity contribution in [3.63, 3.8) is 0 Å². The van der Waals surface area contributed by atoms with Crippen LogP contribution in [0, 0.1) is 5.82 Å². The predicted octanol–water partition coefficient (Wildman–Crippen LogP) is 5.07. The molecule has 0 bridgehead atoms. The molecule has 1 aromatic heterocycles. The van der Waals surface area contributed by atoms with Gasteiger partial charge in [-0.2, -0.15) is 0 Å². The molecule has 9 heteroatoms. The van der Waals surface area contributed by atoms with Gasteiger partial charge < -0.3 is 9.84 Å². The molecule has 3 aromatic carbocycles. The minimum absolute atomic E-state index is 0.00890. The lowest BCUT2D eigenvalue weighted by molar-refractivity contribution is -0.139. The number of hydrogen-bond acceptors (Lipinski definition) is 6. The number of carboxylic acids is 1. The fourth-order valence-electron chi connectivity index (χ4n) is 4.31. The van der Waals surface area contributed by atoms with Crippen LogP contribution in [0.4, 0.5) is 4.39 Å². The molecule has 1 aliphatic rings. The van der Waals surface area contributed by atoms with Gasteiger partial charge in [0, 0.05) is 16.0 Å². The van der Waals surface area contributed by atoms with Crippen LogP contribution < -0.4 is 4.74 Å². The Labute approximate surface area is 205 Å². The van der Waals surface area contributed by atoms with Gasteiger partial charge in [-0.05, 0) is 42.2 Å². The van der Waals surface area contributed by atoms with Crippen molar-refractivity contribution in [2.24, 2.45) is 0 Å². The zero-order chi connectivity index (χ0) is 24.6. The van der Waals surface area contributed by atoms with Crippen molar-refractivity contribution in [3.05, 3.63) is 100 Å². The van der Waals surface area contributed by atoms with E-state index in [1.807, 2.05) is 6.07 Å². The molecule has 4 aromatic rings. The van der Waals surface area contributed by atoms with Gasteiger partial charge >= 0.3 is 5.97 Å². The first kappa shape index (κ1) is 23.2. The molecule has 0 saturated heterocycles. The second kappa shape index (κ2) is 9.24. The Balaban J connectivity index is 1.59. The Bertz CT molecular complexity index is 1500. The summed E-state index contributed by atoms with van der Waals surface area (Å²) in [4.78, 5) is 16.4. The summed E-state index contributed by atoms with van der Waals surface area (Å²) in [6.45, 7) is -0.462. The number of aliphatic carboxylic acids is 1. The SMILES string of the molecule is O=C(O)COc1cccc2c1CCc1sc(S(=O)(=O)C(c3ccccc3)c3ccc(F)cc3)nc1-2. The Morgan fingerprint density at radius 3 is 2.43 bits per heavy atom. The van der Waals surface area contributed by atoms with Crippen LogP contribution >= 0.6 is 11.3 Å². The van der Waals surface area contributed by atoms with Crippen LogP contribution in [0.15, 0.2) is 77.1 Å². The van der Waals surface area contributed by atoms with Crippen LogP contribution in [0.3, 0.4) is 0 Å². The summed E-state index contributed by atoms with van der Waals surface area (Å²) in [6.07, 6.45) is 1.15. The smallest absolute Gasteiger partial charge is 0.341 e. The Kier molecular flexibility index (Phi) is 6.12. The molecule has 1 heterocycles. The molecule has 0 spiro atoms. The molecule has 1 N–H and O–H groups in total. The number of carbonyl (C=O) groups is 1. The number of carboxylic acid groups (broad SMARTS) is 1. The van der Waals surface area contributed by atoms with Crippen molar-refractivity contribution < 1.29 is 27.4 Å². The lowest BCUT2D eigenvalue weighted by Gasteiger charge is -2.18. The summed E-state index contributed by atoms with van der Waals surface area (Å²) in [5.41, 5.74) is 3.15. The van der Waals surface area contributed by atoms with Gasteiger partial charge in [-0.1, -0.05) is 54.6 Å². The van der Waals surface area contributed by atoms with Gasteiger partial charge in [-0.15, -0.1) is 11.3 Å². The third kappa shape index (κ3) is 4.44. The van der Waals surface area contributed by atoms with Gasteiger partial charge in [0.25, 0.3) is 0 Å². The highest BCUT2D eigenvalue weighted by Gasteiger charge is 2.35. The third-order valence-corrected chi connectivity index (χ3v) is 9.45. The predicted molar refractivity (Wildman–Crippen MR) is 130 cm³/mol. The van der Waals surface area contributed by atoms with E-state index in [1.54, 1.807) is 42.5 Å². The molecule has 0 amide bonds. The Morgan fingerprint density at radius 1 is 1.00 bits per heavy atom. The minimum atomic E-state index is -3.97. The topological polar surface area (TPSA) is 93.6 Å². The van der Waals surface area contributed by atoms with Crippen molar-refractivity contribution >= 4 is 27.1 Å². The standard InChI is InChI=1S/C26H20FNO5S2/c27-18-11-9-17(10-12-18)25(16-5-2-1-3-6-16)35(31,32)26-28-24-20-7-4-8-21(33-15-23(29)30)19(20)13-14-22(24)34-26/h1-12,25H,13-15H2,(H,29,30). The molecule has 35 heavy (non-hydrogen) atoms. The van der Waals surface area contributed by atoms with Gasteiger partial charge in [0.1, 0.15) is 16.8 Å². The number of fused-ring (bicyclic) bond motifs is 3. The number of rotatable bonds is 7. The van der Waals surface area contributed by atoms with Crippen LogP contribution in [0.1, 0.15) is 26.8 Å². The average Bonchev–Trinajstić information content (AvgIpc) is 3.31. The molecular weight excluding hydrogens is 489 g/mol. The van der Waals surface area contributed by atoms with Gasteiger partial charge in [0.2, 0.25) is 14.2 Å². The molecule has 0 saturated carbocycles. The monoisotopic (exact) mass is 509 g/mol. The van der Waals surface area contributed by atoms with E-state index >= 15 is 0 Å². The summed E-state index contributed by atoms with van der Waals surface area (Å²) in [6, 6.07) is 19.6. The molecule has 5 rings (SSSR count). The van der Waals surface area contributed by atoms with Crippen LogP contribution in [0.5, 0.6) is 5.75 Å². The number of sulfone groups is 1. The number of aryl methyl sites for hydroxylation is 1. The van der Waals surface area contributed by atoms with E-state index in [1.165, 1.54) is 24.3 Å². The van der Waals surface area contributed by atoms with Gasteiger partial charge in [-0.25, -0.2) is 22.6 Å². The first-order chi connectivity index (χ1) is 16.8. The lowest BCUT2D eigenvalue weighted by Crippen LogP contribution is -2.15. The lowest BCUT2D eigenvalue weighted by atomic mass is 9.93. The molecule has 6 nitrogen and oxygen atoms in total. The minimum Gasteiger partial charge on any atom is -0.482 e. The number of nitrogens with zero attached hydrogens (tertiary/aromatic N) is 1. The van der Waals surface area contributed by atoms with Crippen LogP contribution in [0.25, 0.3) is 11.3 Å². The second-order valence-corrected chi connectivity index (χ2v) is 11.4. The number of benzene rings is 3. The van der Waals surface area contributed by atoms with E-state index in [2.05, 4.69) is 4.98 Å². The van der Waals surface area contributed by atoms with Crippen LogP contribution in [-0.2, 0) is 27.5 Å². The molecule has 1 atom stereocenters. The van der Waals surface area contributed by atoms with Crippen molar-refractivity contribution in [2.45, 2.75) is 22.4 Å². The van der Waals surface area contributed by atoms with E-state index in [0.29, 0.717) is 35.4 Å². The largest absolute Gasteiger partial charge is 0.482 e. The van der Waals surface area contributed by atoms with Crippen molar-refractivity contribution in [1.82, 2.24) is 4.98 Å². The number of thiazole rings is 1. The fraction of sp³-hybridized carbons (Fsp3) is 0.154. The number of ether oxygens (including phenoxy) is 1. The average molecular weight is 510 g/mol. The highest BCUT2D eigenvalue weighted by molar-refractivity contribution is 7.93. The van der Waals surface area contributed by atoms with E-state index in [-0.39, 0.29) is 4.34 Å². The molecule has 0 radical (unpaired) electrons. The van der Waals surface area contributed by atoms with Crippen molar-refractivity contribution in [3.8, 4) is 17.0 Å². The third-order valence-electron chi connectivity index (χ3n) is 5.85. The van der Waals surface area contributed by atoms with Gasteiger partial charge in [-0.3, -0.25) is 0 Å². The molecule has 178 valence electrons. The van der Waals surface area contributed by atoms with E-state index < -0.39 is 33.5 Å². The van der Waals surface area contributed by atoms with Crippen molar-refractivity contribution in [2.75, 3.05) is 6.61 Å². The maximum Gasteiger partial charge on any atom is 0.341 e. The first-order valence-electron chi connectivity index (χ1n) is 10.9. The van der Waals surface area contributed by atoms with Gasteiger partial charge in [0.05, 0.1) is 5.69 Å². The molecule has 1 unspecified atom stereocenters. The maximum absolute atomic E-state index is 14.0. The van der Waals surface area contributed by atoms with Crippen molar-refractivity contribution in [1.29, 1.82) is 0 Å². The molecular formula is C26H20FNO5S2. The molecule has 1 aliphatic carbocycles. The Hall–Kier alpha value is -3.56. The molecule has 0 aliphatic heterocycles. The van der Waals surface area contributed by atoms with Crippen LogP contribution in [0.2, 0.25) is 0 Å². The summed E-state index contributed by atoms with van der Waals surface area (Å²) >= 11 is 1.14. The van der Waals surface area contributed by atoms with E-state index in [9.17, 15) is 17.6 Å². The van der Waals surface area contributed by atoms with Gasteiger partial charge in [0.15, 0.2) is 6.61 Å². The first-order valence-corrected chi connectivity index (χ1v) is 13.2. The quantitative estimate of drug-likeness (QED) is 0.374. The highest BCUT2D eigenvalue weighted by atomic mass is 32.2. The van der Waals surface area contributed by atoms with E-state index in [4.69, 9.17) is 9.84 Å². The summed E-state index contributed by atoms with van der Waals surface area (Å²) in [5, 5.41) is 7.92. The fourth-order valence-corrected chi connectivity index (χ4v) is 7.62. The second-order valence-electron chi connectivity index (χ2n) is 8.10. The van der Waals surface area contributed by atoms with Crippen LogP contribution in [-0.4, -0.2) is 31.1 Å². The normalized spacial score (nSPS) is 13.5. The summed E-state index contributed by atoms with van der Waals surface area (Å²) in [7, 11) is -3.97. The maximum atomic E-state index is 14.0. The zero-order valence-electron chi connectivity index (χ0n) is 18.3. The summed E-state index contributed by atoms with van der Waals surface area (Å²) in [5.74, 6) is -1.06. The zero-order valence-corrected chi connectivity index (χ0v) is 20.0. The number of aromatic nitrogens is 1. The molecule has 0 fully saturated rings. The van der Waals surface area contributed by atoms with E-state index in [0.717, 1.165) is 27.3 Å². The highest BCUT2D eigenvalue weighted by Crippen LogP contribution is 2.44. The summed E-state index contributed by atoms with van der Waals surface area (Å²) < 4.78 is 46.9. The Morgan fingerprint density at radius 2 is 1.71 bits per heavy atom. The number of halogens is 1. The number of hydrogen-bond donors (Lipinski definition) is 1.